The topological polar surface area (TPSA) is 0 Å². The summed E-state index contributed by atoms with van der Waals surface area (Å²) in [4.78, 5) is 0. The molecule has 4 bridgehead atoms. The molecule has 1 heterocycles. The molecule has 5 fully saturated rings. The Balaban J connectivity index is 1.65. The van der Waals surface area contributed by atoms with E-state index in [9.17, 15) is 0 Å². The van der Waals surface area contributed by atoms with Crippen LogP contribution in [-0.4, -0.2) is 15.2 Å². The Morgan fingerprint density at radius 1 is 0.900 bits per heavy atom. The molecule has 0 amide bonds. The lowest BCUT2D eigenvalue weighted by Gasteiger charge is -2.65. The normalized spacial score (nSPS) is 38.7. The van der Waals surface area contributed by atoms with E-state index < -0.39 is 15.2 Å². The van der Waals surface area contributed by atoms with Crippen LogP contribution in [0.2, 0.25) is 30.8 Å². The van der Waals surface area contributed by atoms with Crippen molar-refractivity contribution in [3.8, 4) is 0 Å². The summed E-state index contributed by atoms with van der Waals surface area (Å²) < 4.78 is 0.765. The average Bonchev–Trinajstić information content (AvgIpc) is 2.86. The number of fused-ring (bicyclic) bond motifs is 1. The van der Waals surface area contributed by atoms with E-state index in [4.69, 9.17) is 0 Å². The molecule has 4 saturated carbocycles. The average molecular weight is 435 g/mol. The fourth-order valence-corrected chi connectivity index (χ4v) is 34.1. The van der Waals surface area contributed by atoms with Crippen molar-refractivity contribution >= 4 is 21.3 Å². The maximum absolute atomic E-state index is 2.83. The van der Waals surface area contributed by atoms with E-state index in [1.807, 2.05) is 5.56 Å². The molecule has 1 spiro atoms. The number of rotatable bonds is 1. The first-order chi connectivity index (χ1) is 13.8. The highest BCUT2D eigenvalue weighted by Gasteiger charge is 2.89. The molecule has 7 rings (SSSR count). The second kappa shape index (κ2) is 5.47. The maximum atomic E-state index is 2.83. The van der Waals surface area contributed by atoms with Gasteiger partial charge in [0.2, 0.25) is 0 Å². The van der Waals surface area contributed by atoms with Crippen LogP contribution in [-0.2, 0) is 17.3 Å². The Morgan fingerprint density at radius 3 is 2.03 bits per heavy atom. The van der Waals surface area contributed by atoms with Crippen LogP contribution in [0.15, 0.2) is 17.7 Å². The molecule has 30 heavy (non-hydrogen) atoms. The number of allylic oxidation sites excluding steroid dienone is 1. The van der Waals surface area contributed by atoms with Crippen LogP contribution in [0.25, 0.3) is 6.08 Å². The summed E-state index contributed by atoms with van der Waals surface area (Å²) in [6.07, 6.45) is 11.5. The zero-order valence-electron chi connectivity index (χ0n) is 20.7. The van der Waals surface area contributed by atoms with E-state index >= 15 is 0 Å². The van der Waals surface area contributed by atoms with E-state index in [1.165, 1.54) is 19.3 Å². The van der Waals surface area contributed by atoms with Crippen molar-refractivity contribution in [2.45, 2.75) is 108 Å². The van der Waals surface area contributed by atoms with Crippen molar-refractivity contribution in [1.82, 2.24) is 0 Å². The molecule has 1 aromatic carbocycles. The van der Waals surface area contributed by atoms with E-state index in [0.29, 0.717) is 5.41 Å². The van der Waals surface area contributed by atoms with E-state index in [1.54, 1.807) is 41.5 Å². The Bertz CT molecular complexity index is 959. The van der Waals surface area contributed by atoms with Crippen LogP contribution in [0.4, 0.5) is 0 Å². The fourth-order valence-electron chi connectivity index (χ4n) is 10.5. The van der Waals surface area contributed by atoms with Gasteiger partial charge in [0.05, 0.1) is 0 Å². The van der Waals surface area contributed by atoms with Crippen molar-refractivity contribution in [1.29, 1.82) is 0 Å². The molecule has 0 N–H and O–H groups in total. The minimum Gasteiger partial charge on any atom is -0.0710 e. The highest BCUT2D eigenvalue weighted by Crippen LogP contribution is 2.88. The van der Waals surface area contributed by atoms with Gasteiger partial charge in [0.15, 0.2) is 0 Å². The van der Waals surface area contributed by atoms with Gasteiger partial charge in [-0.1, -0.05) is 70.7 Å². The first-order valence-corrected chi connectivity index (χ1v) is 19.7. The second-order valence-corrected chi connectivity index (χ2v) is 30.3. The van der Waals surface area contributed by atoms with Gasteiger partial charge in [-0.25, -0.2) is 0 Å². The summed E-state index contributed by atoms with van der Waals surface area (Å²) in [6.45, 7) is 21.0. The van der Waals surface area contributed by atoms with Crippen LogP contribution in [0.3, 0.4) is 0 Å². The predicted molar refractivity (Wildman–Crippen MR) is 135 cm³/mol. The van der Waals surface area contributed by atoms with Gasteiger partial charge in [-0.05, 0) is 101 Å². The largest absolute Gasteiger partial charge is 0.0710 e. The number of hydrogen-bond acceptors (Lipinski definition) is 0. The van der Waals surface area contributed by atoms with Crippen molar-refractivity contribution in [3.63, 3.8) is 0 Å². The van der Waals surface area contributed by atoms with E-state index in [-0.39, 0.29) is 5.41 Å². The molecule has 0 nitrogen and oxygen atoms in total. The van der Waals surface area contributed by atoms with Gasteiger partial charge in [0.25, 0.3) is 0 Å². The first kappa shape index (κ1) is 20.0. The zero-order chi connectivity index (χ0) is 21.5. The third-order valence-electron chi connectivity index (χ3n) is 11.5. The summed E-state index contributed by atoms with van der Waals surface area (Å²) in [6, 6.07) is 5.33. The molecule has 5 aliphatic carbocycles. The third kappa shape index (κ3) is 2.01. The lowest BCUT2D eigenvalue weighted by molar-refractivity contribution is -0.0183. The SMILES string of the molecule is CC1=Cc2cc(C(C)(C)C)cc(C34CC5CC(CC(C5)C35[Si](C)(C)[Si]5(C)C)C4)c2C1. The second-order valence-electron chi connectivity index (χ2n) is 14.2. The fraction of sp³-hybridized carbons (Fsp3) is 0.714. The van der Waals surface area contributed by atoms with Crippen LogP contribution >= 0.6 is 0 Å². The van der Waals surface area contributed by atoms with Crippen molar-refractivity contribution in [2.75, 3.05) is 0 Å². The summed E-state index contributed by atoms with van der Waals surface area (Å²) in [5.41, 5.74) is 9.14. The highest BCUT2D eigenvalue weighted by molar-refractivity contribution is 7.61. The van der Waals surface area contributed by atoms with Gasteiger partial charge in [0.1, 0.15) is 0 Å². The standard InChI is InChI=1S/C28H42Si2/c1-18-9-21-14-22(26(2,3)4)15-25(24(21)10-18)27-16-19-11-20(17-27)13-23(12-19)28(27)29(5,6)30(28,7)8/h9,14-15,19-20,23H,10-13,16-17H2,1-8H3. The Kier molecular flexibility index (Phi) is 3.65. The van der Waals surface area contributed by atoms with Crippen LogP contribution < -0.4 is 0 Å². The van der Waals surface area contributed by atoms with Gasteiger partial charge in [-0.15, -0.1) is 0 Å². The highest BCUT2D eigenvalue weighted by atomic mass is 29.3. The van der Waals surface area contributed by atoms with Crippen LogP contribution in [0.1, 0.15) is 82.1 Å². The monoisotopic (exact) mass is 434 g/mol. The lowest BCUT2D eigenvalue weighted by atomic mass is 9.46. The summed E-state index contributed by atoms with van der Waals surface area (Å²) >= 11 is 0. The first-order valence-electron chi connectivity index (χ1n) is 12.7. The van der Waals surface area contributed by atoms with Crippen LogP contribution in [0.5, 0.6) is 0 Å². The summed E-state index contributed by atoms with van der Waals surface area (Å²) in [7, 11) is -2.38. The van der Waals surface area contributed by atoms with Gasteiger partial charge >= 0.3 is 0 Å². The smallest absolute Gasteiger partial charge is 0.0463 e. The molecule has 2 heteroatoms. The molecule has 2 unspecified atom stereocenters. The molecular formula is C28H42Si2. The molecule has 162 valence electrons. The lowest BCUT2D eigenvalue weighted by Crippen LogP contribution is -2.57. The quantitative estimate of drug-likeness (QED) is 0.395. The van der Waals surface area contributed by atoms with Gasteiger partial charge in [-0.2, -0.15) is 0 Å². The number of hydrogen-bond donors (Lipinski definition) is 0. The minimum atomic E-state index is -1.19. The van der Waals surface area contributed by atoms with E-state index in [2.05, 4.69) is 72.1 Å². The van der Waals surface area contributed by atoms with Gasteiger partial charge in [0, 0.05) is 15.2 Å². The molecule has 2 atom stereocenters. The molecular weight excluding hydrogens is 392 g/mol. The number of benzene rings is 1. The maximum Gasteiger partial charge on any atom is 0.0463 e. The van der Waals surface area contributed by atoms with Crippen LogP contribution in [0, 0.1) is 17.8 Å². The molecule has 1 aliphatic heterocycles. The summed E-state index contributed by atoms with van der Waals surface area (Å²) in [5, 5.41) is 0. The van der Waals surface area contributed by atoms with Crippen molar-refractivity contribution in [2.24, 2.45) is 17.8 Å². The predicted octanol–water partition coefficient (Wildman–Crippen LogP) is 7.81. The molecule has 1 aromatic rings. The molecule has 1 saturated heterocycles. The Hall–Kier alpha value is -0.606. The van der Waals surface area contributed by atoms with E-state index in [0.717, 1.165) is 22.4 Å². The minimum absolute atomic E-state index is 0.229. The van der Waals surface area contributed by atoms with Gasteiger partial charge < -0.3 is 0 Å². The molecule has 0 aromatic heterocycles. The Morgan fingerprint density at radius 2 is 1.50 bits per heavy atom. The third-order valence-corrected chi connectivity index (χ3v) is 34.6. The molecule has 0 radical (unpaired) electrons. The molecule has 6 aliphatic rings. The van der Waals surface area contributed by atoms with Gasteiger partial charge in [-0.3, -0.25) is 0 Å². The Labute approximate surface area is 186 Å². The van der Waals surface area contributed by atoms with Crippen molar-refractivity contribution in [3.05, 3.63) is 40.0 Å². The van der Waals surface area contributed by atoms with Crippen molar-refractivity contribution < 1.29 is 0 Å². The summed E-state index contributed by atoms with van der Waals surface area (Å²) in [5.74, 6) is 3.11. The zero-order valence-corrected chi connectivity index (χ0v) is 22.7.